The molecule has 0 saturated carbocycles. The molecular weight excluding hydrogens is 279 g/mol. The molecule has 0 radical (unpaired) electrons. The maximum absolute atomic E-state index is 12.8. The van der Waals surface area contributed by atoms with Crippen molar-refractivity contribution in [3.8, 4) is 0 Å². The molecule has 2 fully saturated rings. The van der Waals surface area contributed by atoms with E-state index in [2.05, 4.69) is 4.90 Å². The van der Waals surface area contributed by atoms with E-state index in [1.54, 1.807) is 6.07 Å². The maximum atomic E-state index is 12.8. The minimum Gasteiger partial charge on any atom is -0.385 e. The summed E-state index contributed by atoms with van der Waals surface area (Å²) in [4.78, 5) is 2.37. The zero-order chi connectivity index (χ0) is 15.1. The van der Waals surface area contributed by atoms with E-state index < -0.39 is 17.3 Å². The molecule has 3 rings (SSSR count). The van der Waals surface area contributed by atoms with Gasteiger partial charge in [0.2, 0.25) is 0 Å². The fraction of sp³-hybridized carbons (Fsp3) is 0.625. The van der Waals surface area contributed by atoms with E-state index in [-0.39, 0.29) is 0 Å². The molecule has 0 amide bonds. The van der Waals surface area contributed by atoms with E-state index in [4.69, 9.17) is 0 Å². The molecular formula is C16H20F3NO. The second-order valence-electron chi connectivity index (χ2n) is 6.25. The molecule has 21 heavy (non-hydrogen) atoms. The number of hydrogen-bond donors (Lipinski definition) is 1. The van der Waals surface area contributed by atoms with Crippen LogP contribution in [0.15, 0.2) is 24.3 Å². The van der Waals surface area contributed by atoms with Crippen molar-refractivity contribution in [3.63, 3.8) is 0 Å². The van der Waals surface area contributed by atoms with Crippen LogP contribution >= 0.6 is 0 Å². The summed E-state index contributed by atoms with van der Waals surface area (Å²) >= 11 is 0. The molecule has 0 unspecified atom stereocenters. The van der Waals surface area contributed by atoms with Crippen LogP contribution in [0.4, 0.5) is 13.2 Å². The normalized spacial score (nSPS) is 31.0. The Morgan fingerprint density at radius 3 is 2.76 bits per heavy atom. The molecule has 0 bridgehead atoms. The summed E-state index contributed by atoms with van der Waals surface area (Å²) in [5.74, 6) is 0. The predicted molar refractivity (Wildman–Crippen MR) is 73.8 cm³/mol. The third kappa shape index (κ3) is 2.94. The van der Waals surface area contributed by atoms with E-state index in [1.165, 1.54) is 12.5 Å². The van der Waals surface area contributed by atoms with Gasteiger partial charge < -0.3 is 10.0 Å². The van der Waals surface area contributed by atoms with Crippen molar-refractivity contribution in [1.82, 2.24) is 4.90 Å². The van der Waals surface area contributed by atoms with Crippen LogP contribution in [0, 0.1) is 0 Å². The zero-order valence-electron chi connectivity index (χ0n) is 11.9. The van der Waals surface area contributed by atoms with E-state index in [9.17, 15) is 18.3 Å². The van der Waals surface area contributed by atoms with Gasteiger partial charge in [-0.3, -0.25) is 0 Å². The number of hydrogen-bond acceptors (Lipinski definition) is 2. The van der Waals surface area contributed by atoms with Crippen LogP contribution in [0.3, 0.4) is 0 Å². The van der Waals surface area contributed by atoms with Gasteiger partial charge in [0.25, 0.3) is 0 Å². The summed E-state index contributed by atoms with van der Waals surface area (Å²) in [6.07, 6.45) is 0.0244. The topological polar surface area (TPSA) is 23.5 Å². The zero-order valence-corrected chi connectivity index (χ0v) is 11.9. The molecule has 116 valence electrons. The van der Waals surface area contributed by atoms with E-state index in [0.717, 1.165) is 38.1 Å². The molecule has 1 aromatic carbocycles. The van der Waals surface area contributed by atoms with Gasteiger partial charge >= 0.3 is 6.18 Å². The quantitative estimate of drug-likeness (QED) is 0.857. The smallest absolute Gasteiger partial charge is 0.385 e. The second kappa shape index (κ2) is 5.29. The Labute approximate surface area is 122 Å². The van der Waals surface area contributed by atoms with Crippen molar-refractivity contribution >= 4 is 0 Å². The van der Waals surface area contributed by atoms with Crippen LogP contribution in [0.1, 0.15) is 43.2 Å². The number of fused-ring (bicyclic) bond motifs is 1. The second-order valence-corrected chi connectivity index (χ2v) is 6.25. The average Bonchev–Trinajstić information content (AvgIpc) is 2.46. The lowest BCUT2D eigenvalue weighted by Crippen LogP contribution is -2.51. The molecule has 2 aliphatic heterocycles. The van der Waals surface area contributed by atoms with Gasteiger partial charge in [0, 0.05) is 12.6 Å². The van der Waals surface area contributed by atoms with Gasteiger partial charge in [0.15, 0.2) is 0 Å². The standard InChI is InChI=1S/C16H20F3NO/c17-16(18,19)13-5-3-4-12(10-13)15(21)7-9-20-8-2-1-6-14(20)11-15/h3-5,10,14,21H,1-2,6-9,11H2/t14-,15+/m0/s1. The summed E-state index contributed by atoms with van der Waals surface area (Å²) in [6, 6.07) is 5.48. The first-order chi connectivity index (χ1) is 9.88. The molecule has 2 nitrogen and oxygen atoms in total. The maximum Gasteiger partial charge on any atom is 0.416 e. The van der Waals surface area contributed by atoms with Crippen molar-refractivity contribution in [2.24, 2.45) is 0 Å². The van der Waals surface area contributed by atoms with Crippen LogP contribution in [0.25, 0.3) is 0 Å². The van der Waals surface area contributed by atoms with E-state index >= 15 is 0 Å². The number of benzene rings is 1. The fourth-order valence-corrected chi connectivity index (χ4v) is 3.65. The largest absolute Gasteiger partial charge is 0.416 e. The predicted octanol–water partition coefficient (Wildman–Crippen LogP) is 3.54. The molecule has 2 heterocycles. The van der Waals surface area contributed by atoms with Crippen LogP contribution in [0.5, 0.6) is 0 Å². The van der Waals surface area contributed by atoms with Gasteiger partial charge in [-0.25, -0.2) is 0 Å². The molecule has 1 N–H and O–H groups in total. The molecule has 0 aliphatic carbocycles. The van der Waals surface area contributed by atoms with Crippen LogP contribution in [-0.4, -0.2) is 29.1 Å². The molecule has 0 aromatic heterocycles. The molecule has 2 aliphatic rings. The molecule has 5 heteroatoms. The molecule has 2 atom stereocenters. The van der Waals surface area contributed by atoms with Crippen LogP contribution < -0.4 is 0 Å². The monoisotopic (exact) mass is 299 g/mol. The summed E-state index contributed by atoms with van der Waals surface area (Å²) < 4.78 is 38.5. The Balaban J connectivity index is 1.85. The first kappa shape index (κ1) is 14.9. The summed E-state index contributed by atoms with van der Waals surface area (Å²) in [5.41, 5.74) is -1.40. The highest BCUT2D eigenvalue weighted by Crippen LogP contribution is 2.40. The van der Waals surface area contributed by atoms with E-state index in [1.807, 2.05) is 0 Å². The van der Waals surface area contributed by atoms with Crippen molar-refractivity contribution in [2.45, 2.75) is 49.9 Å². The summed E-state index contributed by atoms with van der Waals surface area (Å²) in [5, 5.41) is 10.9. The Morgan fingerprint density at radius 2 is 2.00 bits per heavy atom. The number of nitrogens with zero attached hydrogens (tertiary/aromatic N) is 1. The third-order valence-electron chi connectivity index (χ3n) is 4.86. The van der Waals surface area contributed by atoms with Crippen LogP contribution in [-0.2, 0) is 11.8 Å². The first-order valence-electron chi connectivity index (χ1n) is 7.53. The van der Waals surface area contributed by atoms with Crippen molar-refractivity contribution in [3.05, 3.63) is 35.4 Å². The van der Waals surface area contributed by atoms with Gasteiger partial charge in [-0.2, -0.15) is 13.2 Å². The van der Waals surface area contributed by atoms with Gasteiger partial charge in [-0.15, -0.1) is 0 Å². The third-order valence-corrected chi connectivity index (χ3v) is 4.86. The highest BCUT2D eigenvalue weighted by atomic mass is 19.4. The fourth-order valence-electron chi connectivity index (χ4n) is 3.65. The van der Waals surface area contributed by atoms with Gasteiger partial charge in [-0.05, 0) is 49.9 Å². The minimum atomic E-state index is -4.36. The minimum absolute atomic E-state index is 0.298. The number of aliphatic hydroxyl groups is 1. The Morgan fingerprint density at radius 1 is 1.19 bits per heavy atom. The number of alkyl halides is 3. The molecule has 1 aromatic rings. The Bertz CT molecular complexity index is 516. The van der Waals surface area contributed by atoms with Crippen molar-refractivity contribution < 1.29 is 18.3 Å². The first-order valence-corrected chi connectivity index (χ1v) is 7.53. The lowest BCUT2D eigenvalue weighted by molar-refractivity contribution is -0.137. The number of piperidine rings is 2. The Hall–Kier alpha value is -1.07. The SMILES string of the molecule is O[C@]1(c2cccc(C(F)(F)F)c2)CCN2CCCC[C@H]2C1. The van der Waals surface area contributed by atoms with Crippen molar-refractivity contribution in [1.29, 1.82) is 0 Å². The molecule has 0 spiro atoms. The van der Waals surface area contributed by atoms with Crippen molar-refractivity contribution in [2.75, 3.05) is 13.1 Å². The lowest BCUT2D eigenvalue weighted by Gasteiger charge is -2.46. The van der Waals surface area contributed by atoms with Gasteiger partial charge in [0.1, 0.15) is 0 Å². The van der Waals surface area contributed by atoms with E-state index in [0.29, 0.717) is 24.4 Å². The summed E-state index contributed by atoms with van der Waals surface area (Å²) in [7, 11) is 0. The molecule has 2 saturated heterocycles. The number of rotatable bonds is 1. The summed E-state index contributed by atoms with van der Waals surface area (Å²) in [6.45, 7) is 1.81. The highest BCUT2D eigenvalue weighted by molar-refractivity contribution is 5.30. The van der Waals surface area contributed by atoms with Crippen LogP contribution in [0.2, 0.25) is 0 Å². The lowest BCUT2D eigenvalue weighted by atomic mass is 9.78. The average molecular weight is 299 g/mol. The van der Waals surface area contributed by atoms with Gasteiger partial charge in [0.05, 0.1) is 11.2 Å². The van der Waals surface area contributed by atoms with Gasteiger partial charge in [-0.1, -0.05) is 18.6 Å². The number of halogens is 3. The Kier molecular flexibility index (Phi) is 3.74. The highest BCUT2D eigenvalue weighted by Gasteiger charge is 2.41.